The Morgan fingerprint density at radius 2 is 1.96 bits per heavy atom. The fraction of sp³-hybridized carbons (Fsp3) is 0.571. The van der Waals surface area contributed by atoms with Gasteiger partial charge >= 0.3 is 6.18 Å². The lowest BCUT2D eigenvalue weighted by molar-refractivity contribution is -0.139. The van der Waals surface area contributed by atoms with E-state index in [-0.39, 0.29) is 11.7 Å². The molecule has 0 spiro atoms. The highest BCUT2D eigenvalue weighted by molar-refractivity contribution is 8.13. The van der Waals surface area contributed by atoms with Crippen molar-refractivity contribution in [3.8, 4) is 0 Å². The third kappa shape index (κ3) is 4.10. The Balaban J connectivity index is 2.54. The third-order valence-electron chi connectivity index (χ3n) is 4.02. The van der Waals surface area contributed by atoms with Gasteiger partial charge in [-0.25, -0.2) is 8.42 Å². The zero-order valence-corrected chi connectivity index (χ0v) is 14.3. The monoisotopic (exact) mass is 370 g/mol. The van der Waals surface area contributed by atoms with Gasteiger partial charge in [-0.15, -0.1) is 0 Å². The molecule has 0 saturated carbocycles. The van der Waals surface area contributed by atoms with Crippen LogP contribution in [0.3, 0.4) is 0 Å². The third-order valence-corrected chi connectivity index (χ3v) is 5.38. The molecule has 9 heteroatoms. The van der Waals surface area contributed by atoms with Crippen LogP contribution in [-0.4, -0.2) is 46.5 Å². The van der Waals surface area contributed by atoms with Crippen LogP contribution in [0.5, 0.6) is 0 Å². The molecule has 1 saturated heterocycles. The van der Waals surface area contributed by atoms with Crippen molar-refractivity contribution in [2.24, 2.45) is 0 Å². The molecular formula is C14H18ClF3N2O2S. The number of alkyl halides is 3. The van der Waals surface area contributed by atoms with Crippen molar-refractivity contribution >= 4 is 25.4 Å². The molecule has 1 aliphatic heterocycles. The number of hydrogen-bond donors (Lipinski definition) is 0. The Morgan fingerprint density at radius 3 is 2.48 bits per heavy atom. The van der Waals surface area contributed by atoms with Crippen molar-refractivity contribution in [3.05, 3.63) is 23.8 Å². The summed E-state index contributed by atoms with van der Waals surface area (Å²) in [5.74, 6) is 0. The molecule has 1 fully saturated rings. The van der Waals surface area contributed by atoms with Crippen LogP contribution in [0.2, 0.25) is 0 Å². The zero-order valence-electron chi connectivity index (χ0n) is 12.8. The van der Waals surface area contributed by atoms with Crippen LogP contribution in [0.15, 0.2) is 23.1 Å². The topological polar surface area (TPSA) is 40.6 Å². The van der Waals surface area contributed by atoms with E-state index >= 15 is 0 Å². The van der Waals surface area contributed by atoms with Gasteiger partial charge in [-0.1, -0.05) is 6.07 Å². The number of halogens is 4. The second-order valence-corrected chi connectivity index (χ2v) is 8.33. The highest BCUT2D eigenvalue weighted by Gasteiger charge is 2.41. The number of anilines is 1. The number of likely N-dealkylation sites (N-methyl/N-ethyl adjacent to an activating group) is 1. The SMILES string of the molecule is CN(C)[C@H]1CCCN(c2cccc(S(=O)(=O)Cl)c2C(F)(F)F)C1. The lowest BCUT2D eigenvalue weighted by Crippen LogP contribution is -2.45. The molecule has 0 amide bonds. The fourth-order valence-electron chi connectivity index (χ4n) is 2.87. The first kappa shape index (κ1) is 18.4. The van der Waals surface area contributed by atoms with Crippen molar-refractivity contribution in [1.82, 2.24) is 4.90 Å². The lowest BCUT2D eigenvalue weighted by atomic mass is 10.0. The number of piperidine rings is 1. The maximum atomic E-state index is 13.5. The lowest BCUT2D eigenvalue weighted by Gasteiger charge is -2.38. The summed E-state index contributed by atoms with van der Waals surface area (Å²) < 4.78 is 63.6. The van der Waals surface area contributed by atoms with E-state index in [1.807, 2.05) is 19.0 Å². The van der Waals surface area contributed by atoms with Gasteiger partial charge in [0.25, 0.3) is 9.05 Å². The van der Waals surface area contributed by atoms with Crippen LogP contribution < -0.4 is 4.90 Å². The van der Waals surface area contributed by atoms with E-state index in [4.69, 9.17) is 10.7 Å². The molecule has 4 nitrogen and oxygen atoms in total. The minimum absolute atomic E-state index is 0.112. The summed E-state index contributed by atoms with van der Waals surface area (Å²) in [4.78, 5) is 2.65. The average Bonchev–Trinajstić information content (AvgIpc) is 2.44. The predicted molar refractivity (Wildman–Crippen MR) is 83.4 cm³/mol. The van der Waals surface area contributed by atoms with E-state index in [1.165, 1.54) is 12.1 Å². The standard InChI is InChI=1S/C14H18ClF3N2O2S/c1-19(2)10-5-4-8-20(9-10)11-6-3-7-12(23(15,21)22)13(11)14(16,17)18/h3,6-7,10H,4-5,8-9H2,1-2H3/t10-/m0/s1. The molecule has 23 heavy (non-hydrogen) atoms. The van der Waals surface area contributed by atoms with Gasteiger partial charge in [0.2, 0.25) is 0 Å². The van der Waals surface area contributed by atoms with Crippen LogP contribution in [0.25, 0.3) is 0 Å². The summed E-state index contributed by atoms with van der Waals surface area (Å²) in [6.07, 6.45) is -3.19. The Hall–Kier alpha value is -0.990. The molecule has 0 unspecified atom stereocenters. The predicted octanol–water partition coefficient (Wildman–Crippen LogP) is 3.16. The first-order valence-corrected chi connectivity index (χ1v) is 9.39. The maximum Gasteiger partial charge on any atom is 0.419 e. The van der Waals surface area contributed by atoms with E-state index in [1.54, 1.807) is 4.90 Å². The van der Waals surface area contributed by atoms with E-state index in [0.717, 1.165) is 18.9 Å². The summed E-state index contributed by atoms with van der Waals surface area (Å²) in [6, 6.07) is 3.59. The van der Waals surface area contributed by atoms with Gasteiger partial charge in [0.1, 0.15) is 0 Å². The van der Waals surface area contributed by atoms with Gasteiger partial charge in [-0.2, -0.15) is 13.2 Å². The van der Waals surface area contributed by atoms with E-state index in [9.17, 15) is 21.6 Å². The molecule has 1 aromatic carbocycles. The first-order chi connectivity index (χ1) is 10.5. The smallest absolute Gasteiger partial charge is 0.369 e. The van der Waals surface area contributed by atoms with E-state index in [0.29, 0.717) is 13.1 Å². The van der Waals surface area contributed by atoms with Gasteiger partial charge in [-0.05, 0) is 39.1 Å². The summed E-state index contributed by atoms with van der Waals surface area (Å²) in [7, 11) is 4.46. The zero-order chi connectivity index (χ0) is 17.4. The van der Waals surface area contributed by atoms with Crippen molar-refractivity contribution in [2.45, 2.75) is 30.0 Å². The highest BCUT2D eigenvalue weighted by Crippen LogP contribution is 2.42. The Morgan fingerprint density at radius 1 is 1.30 bits per heavy atom. The summed E-state index contributed by atoms with van der Waals surface area (Å²) in [5, 5.41) is 0. The minimum atomic E-state index is -4.81. The van der Waals surface area contributed by atoms with Gasteiger partial charge < -0.3 is 9.80 Å². The first-order valence-electron chi connectivity index (χ1n) is 7.08. The molecule has 0 radical (unpaired) electrons. The molecule has 1 atom stereocenters. The number of benzene rings is 1. The largest absolute Gasteiger partial charge is 0.419 e. The molecule has 0 bridgehead atoms. The van der Waals surface area contributed by atoms with E-state index < -0.39 is 25.7 Å². The quantitative estimate of drug-likeness (QED) is 0.766. The molecule has 1 aromatic rings. The van der Waals surface area contributed by atoms with Crippen LogP contribution in [-0.2, 0) is 15.2 Å². The molecule has 0 N–H and O–H groups in total. The normalized spacial score (nSPS) is 20.1. The Labute approximate surface area is 138 Å². The maximum absolute atomic E-state index is 13.5. The van der Waals surface area contributed by atoms with Crippen molar-refractivity contribution < 1.29 is 21.6 Å². The minimum Gasteiger partial charge on any atom is -0.369 e. The van der Waals surface area contributed by atoms with Crippen LogP contribution in [0, 0.1) is 0 Å². The van der Waals surface area contributed by atoms with Crippen molar-refractivity contribution in [1.29, 1.82) is 0 Å². The Kier molecular flexibility index (Phi) is 5.18. The van der Waals surface area contributed by atoms with Crippen molar-refractivity contribution in [2.75, 3.05) is 32.1 Å². The molecular weight excluding hydrogens is 353 g/mol. The highest BCUT2D eigenvalue weighted by atomic mass is 35.7. The number of nitrogens with zero attached hydrogens (tertiary/aromatic N) is 2. The Bertz CT molecular complexity index is 677. The van der Waals surface area contributed by atoms with Crippen molar-refractivity contribution in [3.63, 3.8) is 0 Å². The molecule has 0 aliphatic carbocycles. The molecule has 2 rings (SSSR count). The average molecular weight is 371 g/mol. The molecule has 1 heterocycles. The van der Waals surface area contributed by atoms with Gasteiger partial charge in [0.05, 0.1) is 16.1 Å². The molecule has 1 aliphatic rings. The van der Waals surface area contributed by atoms with Gasteiger partial charge in [0.15, 0.2) is 0 Å². The fourth-order valence-corrected chi connectivity index (χ4v) is 3.96. The van der Waals surface area contributed by atoms with Crippen LogP contribution in [0.4, 0.5) is 18.9 Å². The summed E-state index contributed by atoms with van der Waals surface area (Å²) in [5.41, 5.74) is -1.32. The molecule has 0 aromatic heterocycles. The second kappa shape index (κ2) is 6.49. The van der Waals surface area contributed by atoms with Crippen LogP contribution >= 0.6 is 10.7 Å². The summed E-state index contributed by atoms with van der Waals surface area (Å²) in [6.45, 7) is 0.848. The van der Waals surface area contributed by atoms with E-state index in [2.05, 4.69) is 0 Å². The number of hydrogen-bond acceptors (Lipinski definition) is 4. The van der Waals surface area contributed by atoms with Gasteiger partial charge in [-0.3, -0.25) is 0 Å². The van der Waals surface area contributed by atoms with Crippen LogP contribution in [0.1, 0.15) is 18.4 Å². The number of rotatable bonds is 3. The second-order valence-electron chi connectivity index (χ2n) is 5.79. The molecule has 130 valence electrons. The van der Waals surface area contributed by atoms with Gasteiger partial charge in [0, 0.05) is 29.8 Å². The summed E-state index contributed by atoms with van der Waals surface area (Å²) >= 11 is 0.